The third kappa shape index (κ3) is 8.72. The van der Waals surface area contributed by atoms with Crippen LogP contribution in [0, 0.1) is 0 Å². The van der Waals surface area contributed by atoms with E-state index in [1.165, 1.54) is 7.11 Å². The fraction of sp³-hybridized carbons (Fsp3) is 0.889. The average Bonchev–Trinajstić information content (AvgIpc) is 2.00. The van der Waals surface area contributed by atoms with Gasteiger partial charge in [-0.3, -0.25) is 4.79 Å². The highest BCUT2D eigenvalue weighted by Gasteiger charge is 2.16. The largest absolute Gasteiger partial charge is 0.468 e. The van der Waals surface area contributed by atoms with Crippen LogP contribution < -0.4 is 5.73 Å². The van der Waals surface area contributed by atoms with Crippen molar-refractivity contribution in [2.45, 2.75) is 39.0 Å². The van der Waals surface area contributed by atoms with Crippen LogP contribution in [0.15, 0.2) is 0 Å². The van der Waals surface area contributed by atoms with E-state index < -0.39 is 6.04 Å². The van der Waals surface area contributed by atoms with Gasteiger partial charge >= 0.3 is 5.97 Å². The fourth-order valence-electron chi connectivity index (χ4n) is 0.504. The van der Waals surface area contributed by atoms with E-state index in [2.05, 4.69) is 25.5 Å². The molecule has 3 nitrogen and oxygen atoms in total. The first kappa shape index (κ1) is 16.6. The molecule has 1 unspecified atom stereocenters. The molecular weight excluding hydrogens is 218 g/mol. The number of nitrogens with two attached hydrogens (primary N) is 1. The Balaban J connectivity index is 0. The number of carbonyl (C=O) groups excluding carboxylic acids is 1. The summed E-state index contributed by atoms with van der Waals surface area (Å²) in [5.41, 5.74) is 5.55. The van der Waals surface area contributed by atoms with Crippen molar-refractivity contribution in [1.82, 2.24) is 0 Å². The number of ether oxygens (including phenoxy) is 1. The van der Waals surface area contributed by atoms with Gasteiger partial charge in [-0.2, -0.15) is 0 Å². The van der Waals surface area contributed by atoms with Gasteiger partial charge in [0.2, 0.25) is 0 Å². The molecule has 0 saturated heterocycles. The van der Waals surface area contributed by atoms with Crippen molar-refractivity contribution in [2.24, 2.45) is 5.73 Å². The third-order valence-corrected chi connectivity index (χ3v) is 4.44. The second-order valence-corrected chi connectivity index (χ2v) is 6.78. The molecule has 0 aromatic heterocycles. The van der Waals surface area contributed by atoms with E-state index in [9.17, 15) is 4.79 Å². The lowest BCUT2D eigenvalue weighted by atomic mass is 10.3. The van der Waals surface area contributed by atoms with Crippen molar-refractivity contribution >= 4 is 27.6 Å². The topological polar surface area (TPSA) is 52.3 Å². The predicted octanol–water partition coefficient (Wildman–Crippen LogP) is 2.30. The van der Waals surface area contributed by atoms with E-state index in [1.807, 2.05) is 0 Å². The van der Waals surface area contributed by atoms with Crippen LogP contribution in [0.4, 0.5) is 0 Å². The fourth-order valence-corrected chi connectivity index (χ4v) is 2.91. The van der Waals surface area contributed by atoms with Crippen LogP contribution in [-0.4, -0.2) is 29.6 Å². The first-order valence-corrected chi connectivity index (χ1v) is 6.33. The molecule has 0 amide bonds. The quantitative estimate of drug-likeness (QED) is 0.602. The van der Waals surface area contributed by atoms with E-state index in [0.29, 0.717) is 5.75 Å². The number of hydrogen-bond donors (Lipinski definition) is 1. The molecule has 0 aromatic carbocycles. The maximum Gasteiger partial charge on any atom is 0.323 e. The summed E-state index contributed by atoms with van der Waals surface area (Å²) in [5.74, 6) is 0.247. The van der Waals surface area contributed by atoms with Gasteiger partial charge in [0, 0.05) is 10.5 Å². The second-order valence-electron chi connectivity index (χ2n) is 3.61. The lowest BCUT2D eigenvalue weighted by Crippen LogP contribution is -2.33. The molecule has 0 bridgehead atoms. The summed E-state index contributed by atoms with van der Waals surface area (Å²) >= 11 is 0. The molecule has 0 spiro atoms. The Labute approximate surface area is 94.9 Å². The standard InChI is InChI=1S/C8H17NO2S2.CH4/c1-8(2,3)13-12-5-6(9)7(10)11-4;/h6H,5,9H2,1-4H3;1H4. The zero-order valence-electron chi connectivity index (χ0n) is 8.49. The highest BCUT2D eigenvalue weighted by Crippen LogP contribution is 2.35. The molecule has 1 atom stereocenters. The van der Waals surface area contributed by atoms with Crippen LogP contribution in [0.5, 0.6) is 0 Å². The lowest BCUT2D eigenvalue weighted by molar-refractivity contribution is -0.141. The first-order chi connectivity index (χ1) is 5.87. The van der Waals surface area contributed by atoms with Crippen molar-refractivity contribution in [3.63, 3.8) is 0 Å². The third-order valence-electron chi connectivity index (χ3n) is 1.06. The summed E-state index contributed by atoms with van der Waals surface area (Å²) in [6.45, 7) is 6.36. The molecule has 0 aliphatic heterocycles. The Morgan fingerprint density at radius 3 is 2.36 bits per heavy atom. The van der Waals surface area contributed by atoms with Crippen molar-refractivity contribution in [3.8, 4) is 0 Å². The van der Waals surface area contributed by atoms with Gasteiger partial charge in [0.25, 0.3) is 0 Å². The molecule has 5 heteroatoms. The van der Waals surface area contributed by atoms with Gasteiger partial charge in [0.05, 0.1) is 7.11 Å². The Hall–Kier alpha value is 0.130. The molecule has 0 heterocycles. The van der Waals surface area contributed by atoms with Crippen LogP contribution in [0.1, 0.15) is 28.2 Å². The summed E-state index contributed by atoms with van der Waals surface area (Å²) in [5, 5.41) is 0. The minimum absolute atomic E-state index is 0. The first-order valence-electron chi connectivity index (χ1n) is 4.01. The van der Waals surface area contributed by atoms with Gasteiger partial charge in [-0.1, -0.05) is 49.8 Å². The summed E-state index contributed by atoms with van der Waals surface area (Å²) < 4.78 is 4.70. The molecule has 0 fully saturated rings. The van der Waals surface area contributed by atoms with E-state index >= 15 is 0 Å². The molecule has 0 radical (unpaired) electrons. The number of methoxy groups -OCH3 is 1. The predicted molar refractivity (Wildman–Crippen MR) is 66.5 cm³/mol. The van der Waals surface area contributed by atoms with Crippen molar-refractivity contribution in [3.05, 3.63) is 0 Å². The van der Waals surface area contributed by atoms with E-state index in [4.69, 9.17) is 5.73 Å². The van der Waals surface area contributed by atoms with Gasteiger partial charge in [-0.25, -0.2) is 0 Å². The van der Waals surface area contributed by atoms with Gasteiger partial charge in [-0.05, 0) is 0 Å². The number of esters is 1. The zero-order chi connectivity index (χ0) is 10.5. The van der Waals surface area contributed by atoms with Gasteiger partial charge < -0.3 is 10.5 Å². The van der Waals surface area contributed by atoms with Gasteiger partial charge in [0.15, 0.2) is 0 Å². The lowest BCUT2D eigenvalue weighted by Gasteiger charge is -2.17. The number of hydrogen-bond acceptors (Lipinski definition) is 5. The smallest absolute Gasteiger partial charge is 0.323 e. The highest BCUT2D eigenvalue weighted by atomic mass is 33.1. The van der Waals surface area contributed by atoms with E-state index in [1.54, 1.807) is 21.6 Å². The molecule has 2 N–H and O–H groups in total. The van der Waals surface area contributed by atoms with Crippen molar-refractivity contribution < 1.29 is 9.53 Å². The normalized spacial score (nSPS) is 12.9. The Bertz CT molecular complexity index is 169. The molecule has 86 valence electrons. The summed E-state index contributed by atoms with van der Waals surface area (Å²) in [4.78, 5) is 10.9. The SMILES string of the molecule is C.COC(=O)C(N)CSSC(C)(C)C. The highest BCUT2D eigenvalue weighted by molar-refractivity contribution is 8.77. The van der Waals surface area contributed by atoms with Crippen LogP contribution >= 0.6 is 21.6 Å². The molecule has 0 aromatic rings. The minimum atomic E-state index is -0.509. The molecule has 14 heavy (non-hydrogen) atoms. The van der Waals surface area contributed by atoms with Crippen LogP contribution in [-0.2, 0) is 9.53 Å². The number of carbonyl (C=O) groups is 1. The summed E-state index contributed by atoms with van der Waals surface area (Å²) in [7, 11) is 4.67. The van der Waals surface area contributed by atoms with Gasteiger partial charge in [0.1, 0.15) is 6.04 Å². The van der Waals surface area contributed by atoms with Crippen LogP contribution in [0.25, 0.3) is 0 Å². The van der Waals surface area contributed by atoms with Gasteiger partial charge in [-0.15, -0.1) is 0 Å². The van der Waals surface area contributed by atoms with Crippen LogP contribution in [0.3, 0.4) is 0 Å². The summed E-state index contributed by atoms with van der Waals surface area (Å²) in [6, 6.07) is -0.509. The molecule has 0 aliphatic rings. The number of rotatable bonds is 4. The van der Waals surface area contributed by atoms with Crippen molar-refractivity contribution in [2.75, 3.05) is 12.9 Å². The monoisotopic (exact) mass is 239 g/mol. The average molecular weight is 239 g/mol. The molecule has 0 rings (SSSR count). The molecule has 0 saturated carbocycles. The molecule has 0 aliphatic carbocycles. The Kier molecular flexibility index (Phi) is 8.78. The zero-order valence-corrected chi connectivity index (χ0v) is 10.1. The molecular formula is C9H21NO2S2. The maximum atomic E-state index is 10.9. The van der Waals surface area contributed by atoms with Crippen molar-refractivity contribution in [1.29, 1.82) is 0 Å². The summed E-state index contributed by atoms with van der Waals surface area (Å²) in [6.07, 6.45) is 0. The maximum absolute atomic E-state index is 10.9. The Morgan fingerprint density at radius 2 is 2.00 bits per heavy atom. The second kappa shape index (κ2) is 7.43. The van der Waals surface area contributed by atoms with E-state index in [0.717, 1.165) is 0 Å². The van der Waals surface area contributed by atoms with E-state index in [-0.39, 0.29) is 18.1 Å². The Morgan fingerprint density at radius 1 is 1.50 bits per heavy atom. The minimum Gasteiger partial charge on any atom is -0.468 e. The van der Waals surface area contributed by atoms with Crippen LogP contribution in [0.2, 0.25) is 0 Å².